The number of hydrogen-bond acceptors (Lipinski definition) is 6. The van der Waals surface area contributed by atoms with Crippen molar-refractivity contribution in [2.45, 2.75) is 20.0 Å². The molecule has 1 heterocycles. The Morgan fingerprint density at radius 2 is 1.71 bits per heavy atom. The molecule has 0 amide bonds. The number of esters is 2. The highest BCUT2D eigenvalue weighted by Crippen LogP contribution is 2.25. The third kappa shape index (κ3) is 3.21. The molecular weight excluding hydrogens is 274 g/mol. The first-order valence-electron chi connectivity index (χ1n) is 6.81. The van der Waals surface area contributed by atoms with Crippen molar-refractivity contribution in [3.05, 3.63) is 35.9 Å². The molecular formula is C15H17NO5. The van der Waals surface area contributed by atoms with Crippen molar-refractivity contribution in [2.24, 2.45) is 11.1 Å². The van der Waals surface area contributed by atoms with Gasteiger partial charge in [-0.3, -0.25) is 4.79 Å². The molecule has 1 aliphatic rings. The van der Waals surface area contributed by atoms with Crippen LogP contribution in [0, 0.1) is 5.92 Å². The molecule has 0 aromatic heterocycles. The van der Waals surface area contributed by atoms with E-state index in [-0.39, 0.29) is 13.2 Å². The number of ether oxygens (including phenoxy) is 2. The second-order valence-corrected chi connectivity index (χ2v) is 4.35. The Morgan fingerprint density at radius 1 is 1.10 bits per heavy atom. The van der Waals surface area contributed by atoms with Gasteiger partial charge < -0.3 is 14.3 Å². The maximum Gasteiger partial charge on any atom is 0.351 e. The minimum Gasteiger partial charge on any atom is -0.465 e. The average Bonchev–Trinajstić information content (AvgIpc) is 2.93. The van der Waals surface area contributed by atoms with E-state index in [4.69, 9.17) is 14.3 Å². The zero-order valence-corrected chi connectivity index (χ0v) is 11.9. The first-order valence-corrected chi connectivity index (χ1v) is 6.81. The summed E-state index contributed by atoms with van der Waals surface area (Å²) in [7, 11) is 0. The molecule has 0 bridgehead atoms. The van der Waals surface area contributed by atoms with Crippen LogP contribution < -0.4 is 0 Å². The molecule has 21 heavy (non-hydrogen) atoms. The SMILES string of the molecule is CCOC(=O)C1ON=C(c2ccccc2)C1C(=O)OCC. The van der Waals surface area contributed by atoms with Crippen LogP contribution >= 0.6 is 0 Å². The van der Waals surface area contributed by atoms with E-state index in [1.54, 1.807) is 26.0 Å². The summed E-state index contributed by atoms with van der Waals surface area (Å²) in [4.78, 5) is 29.2. The summed E-state index contributed by atoms with van der Waals surface area (Å²) in [5.41, 5.74) is 1.09. The third-order valence-corrected chi connectivity index (χ3v) is 2.99. The van der Waals surface area contributed by atoms with E-state index < -0.39 is 24.0 Å². The van der Waals surface area contributed by atoms with Crippen LogP contribution in [0.25, 0.3) is 0 Å². The van der Waals surface area contributed by atoms with Gasteiger partial charge in [0.1, 0.15) is 5.71 Å². The normalized spacial score (nSPS) is 20.4. The highest BCUT2D eigenvalue weighted by Gasteiger charge is 2.46. The molecule has 112 valence electrons. The van der Waals surface area contributed by atoms with Crippen molar-refractivity contribution in [1.29, 1.82) is 0 Å². The number of carbonyl (C=O) groups is 2. The topological polar surface area (TPSA) is 74.2 Å². The maximum absolute atomic E-state index is 12.2. The van der Waals surface area contributed by atoms with Gasteiger partial charge >= 0.3 is 11.9 Å². The Hall–Kier alpha value is -2.37. The van der Waals surface area contributed by atoms with E-state index in [1.807, 2.05) is 18.2 Å². The van der Waals surface area contributed by atoms with E-state index in [0.29, 0.717) is 11.3 Å². The van der Waals surface area contributed by atoms with E-state index >= 15 is 0 Å². The number of hydrogen-bond donors (Lipinski definition) is 0. The number of benzene rings is 1. The number of oxime groups is 1. The van der Waals surface area contributed by atoms with Gasteiger partial charge in [-0.05, 0) is 13.8 Å². The van der Waals surface area contributed by atoms with Crippen LogP contribution in [-0.4, -0.2) is 37.0 Å². The fourth-order valence-corrected chi connectivity index (χ4v) is 2.09. The summed E-state index contributed by atoms with van der Waals surface area (Å²) in [5, 5.41) is 3.89. The van der Waals surface area contributed by atoms with Crippen LogP contribution in [-0.2, 0) is 23.9 Å². The molecule has 6 heteroatoms. The standard InChI is InChI=1S/C15H17NO5/c1-3-19-14(17)11-12(10-8-6-5-7-9-10)16-21-13(11)15(18)20-4-2/h5-9,11,13H,3-4H2,1-2H3. The van der Waals surface area contributed by atoms with Crippen molar-refractivity contribution in [2.75, 3.05) is 13.2 Å². The van der Waals surface area contributed by atoms with Crippen LogP contribution in [0.2, 0.25) is 0 Å². The lowest BCUT2D eigenvalue weighted by Crippen LogP contribution is -2.39. The fourth-order valence-electron chi connectivity index (χ4n) is 2.09. The lowest BCUT2D eigenvalue weighted by molar-refractivity contribution is -0.164. The molecule has 0 radical (unpaired) electrons. The Bertz CT molecular complexity index is 540. The molecule has 0 fully saturated rings. The Kier molecular flexibility index (Phi) is 4.92. The van der Waals surface area contributed by atoms with Gasteiger partial charge in [0.05, 0.1) is 13.2 Å². The monoisotopic (exact) mass is 291 g/mol. The smallest absolute Gasteiger partial charge is 0.351 e. The quantitative estimate of drug-likeness (QED) is 0.769. The molecule has 2 atom stereocenters. The fraction of sp³-hybridized carbons (Fsp3) is 0.400. The molecule has 0 spiro atoms. The summed E-state index contributed by atoms with van der Waals surface area (Å²) < 4.78 is 9.95. The molecule has 1 aromatic carbocycles. The van der Waals surface area contributed by atoms with Crippen molar-refractivity contribution in [3.63, 3.8) is 0 Å². The summed E-state index contributed by atoms with van der Waals surface area (Å²) in [5.74, 6) is -2.08. The lowest BCUT2D eigenvalue weighted by atomic mass is 9.92. The highest BCUT2D eigenvalue weighted by molar-refractivity contribution is 6.15. The van der Waals surface area contributed by atoms with Gasteiger partial charge in [-0.2, -0.15) is 0 Å². The van der Waals surface area contributed by atoms with Gasteiger partial charge in [0, 0.05) is 5.56 Å². The van der Waals surface area contributed by atoms with Gasteiger partial charge in [0.25, 0.3) is 0 Å². The summed E-state index contributed by atoms with van der Waals surface area (Å²) >= 11 is 0. The minimum atomic E-state index is -1.10. The number of rotatable bonds is 5. The van der Waals surface area contributed by atoms with Crippen LogP contribution in [0.4, 0.5) is 0 Å². The van der Waals surface area contributed by atoms with E-state index in [0.717, 1.165) is 0 Å². The van der Waals surface area contributed by atoms with Crippen LogP contribution in [0.1, 0.15) is 19.4 Å². The van der Waals surface area contributed by atoms with Crippen molar-refractivity contribution >= 4 is 17.7 Å². The molecule has 0 saturated heterocycles. The van der Waals surface area contributed by atoms with Gasteiger partial charge in [0.15, 0.2) is 5.92 Å². The van der Waals surface area contributed by atoms with Gasteiger partial charge in [-0.15, -0.1) is 0 Å². The Morgan fingerprint density at radius 3 is 2.33 bits per heavy atom. The molecule has 0 saturated carbocycles. The van der Waals surface area contributed by atoms with Crippen molar-refractivity contribution in [3.8, 4) is 0 Å². The summed E-state index contributed by atoms with van der Waals surface area (Å²) in [6.45, 7) is 3.81. The van der Waals surface area contributed by atoms with Crippen LogP contribution in [0.3, 0.4) is 0 Å². The summed E-state index contributed by atoms with van der Waals surface area (Å²) in [6, 6.07) is 9.07. The lowest BCUT2D eigenvalue weighted by Gasteiger charge is -2.16. The molecule has 1 aromatic rings. The first kappa shape index (κ1) is 15.0. The Labute approximate surface area is 122 Å². The second-order valence-electron chi connectivity index (χ2n) is 4.35. The van der Waals surface area contributed by atoms with E-state index in [1.165, 1.54) is 0 Å². The van der Waals surface area contributed by atoms with E-state index in [9.17, 15) is 9.59 Å². The largest absolute Gasteiger partial charge is 0.465 e. The molecule has 6 nitrogen and oxygen atoms in total. The molecule has 0 N–H and O–H groups in total. The molecule has 2 rings (SSSR count). The number of nitrogens with zero attached hydrogens (tertiary/aromatic N) is 1. The highest BCUT2D eigenvalue weighted by atomic mass is 16.7. The number of carbonyl (C=O) groups excluding carboxylic acids is 2. The second kappa shape index (κ2) is 6.88. The summed E-state index contributed by atoms with van der Waals surface area (Å²) in [6.07, 6.45) is -1.10. The van der Waals surface area contributed by atoms with Gasteiger partial charge in [0.2, 0.25) is 6.10 Å². The molecule has 0 aliphatic carbocycles. The van der Waals surface area contributed by atoms with Crippen molar-refractivity contribution < 1.29 is 23.9 Å². The first-order chi connectivity index (χ1) is 10.2. The minimum absolute atomic E-state index is 0.203. The third-order valence-electron chi connectivity index (χ3n) is 2.99. The van der Waals surface area contributed by atoms with Gasteiger partial charge in [-0.25, -0.2) is 4.79 Å². The predicted molar refractivity (Wildman–Crippen MR) is 74.6 cm³/mol. The van der Waals surface area contributed by atoms with Gasteiger partial charge in [-0.1, -0.05) is 35.5 Å². The molecule has 1 aliphatic heterocycles. The van der Waals surface area contributed by atoms with Crippen molar-refractivity contribution in [1.82, 2.24) is 0 Å². The predicted octanol–water partition coefficient (Wildman–Crippen LogP) is 1.53. The van der Waals surface area contributed by atoms with Crippen LogP contribution in [0.5, 0.6) is 0 Å². The zero-order chi connectivity index (χ0) is 15.2. The van der Waals surface area contributed by atoms with Crippen LogP contribution in [0.15, 0.2) is 35.5 Å². The maximum atomic E-state index is 12.2. The van der Waals surface area contributed by atoms with E-state index in [2.05, 4.69) is 5.16 Å². The Balaban J connectivity index is 2.28. The average molecular weight is 291 g/mol. The zero-order valence-electron chi connectivity index (χ0n) is 11.9. The molecule has 2 unspecified atom stereocenters.